The van der Waals surface area contributed by atoms with Crippen molar-refractivity contribution in [3.8, 4) is 0 Å². The lowest BCUT2D eigenvalue weighted by atomic mass is 10.0. The van der Waals surface area contributed by atoms with Gasteiger partial charge in [0, 0.05) is 24.5 Å². The van der Waals surface area contributed by atoms with Crippen LogP contribution in [-0.2, 0) is 7.05 Å². The zero-order valence-corrected chi connectivity index (χ0v) is 14.0. The summed E-state index contributed by atoms with van der Waals surface area (Å²) < 4.78 is 42.0. The van der Waals surface area contributed by atoms with Crippen molar-refractivity contribution in [3.63, 3.8) is 0 Å². The number of aryl methyl sites for hydroxylation is 4. The molecule has 1 amide bonds. The van der Waals surface area contributed by atoms with E-state index in [0.29, 0.717) is 17.2 Å². The highest BCUT2D eigenvalue weighted by molar-refractivity contribution is 5.95. The molecule has 9 heteroatoms. The van der Waals surface area contributed by atoms with E-state index in [2.05, 4.69) is 15.1 Å². The lowest BCUT2D eigenvalue weighted by molar-refractivity contribution is -0.155. The van der Waals surface area contributed by atoms with Crippen molar-refractivity contribution in [2.75, 3.05) is 0 Å². The summed E-state index contributed by atoms with van der Waals surface area (Å²) in [5.74, 6) is -0.437. The number of carbonyl (C=O) groups is 1. The van der Waals surface area contributed by atoms with Crippen molar-refractivity contribution in [2.24, 2.45) is 7.05 Å². The van der Waals surface area contributed by atoms with Crippen LogP contribution in [0.2, 0.25) is 0 Å². The third-order valence-corrected chi connectivity index (χ3v) is 3.80. The lowest BCUT2D eigenvalue weighted by Crippen LogP contribution is -2.39. The Morgan fingerprint density at radius 2 is 1.83 bits per heavy atom. The van der Waals surface area contributed by atoms with Crippen LogP contribution < -0.4 is 5.32 Å². The fourth-order valence-electron chi connectivity index (χ4n) is 2.54. The highest BCUT2D eigenvalue weighted by Gasteiger charge is 2.44. The van der Waals surface area contributed by atoms with Crippen molar-refractivity contribution in [1.82, 2.24) is 25.1 Å². The number of hydrogen-bond acceptors (Lipinski definition) is 4. The Kier molecular flexibility index (Phi) is 4.63. The third-order valence-electron chi connectivity index (χ3n) is 3.80. The van der Waals surface area contributed by atoms with Crippen molar-refractivity contribution >= 4 is 5.91 Å². The predicted octanol–water partition coefficient (Wildman–Crippen LogP) is 2.48. The summed E-state index contributed by atoms with van der Waals surface area (Å²) in [5, 5.41) is 6.04. The molecule has 6 nitrogen and oxygen atoms in total. The minimum atomic E-state index is -4.66. The molecule has 1 atom stereocenters. The zero-order valence-electron chi connectivity index (χ0n) is 14.0. The van der Waals surface area contributed by atoms with Gasteiger partial charge in [-0.15, -0.1) is 0 Å². The van der Waals surface area contributed by atoms with E-state index in [9.17, 15) is 18.0 Å². The summed E-state index contributed by atoms with van der Waals surface area (Å²) >= 11 is 0. The van der Waals surface area contributed by atoms with Gasteiger partial charge in [0.2, 0.25) is 0 Å². The first-order valence-electron chi connectivity index (χ1n) is 7.20. The molecule has 2 aromatic rings. The average molecular weight is 341 g/mol. The predicted molar refractivity (Wildman–Crippen MR) is 80.5 cm³/mol. The Bertz CT molecular complexity index is 782. The quantitative estimate of drug-likeness (QED) is 0.931. The molecule has 0 fully saturated rings. The number of hydrogen-bond donors (Lipinski definition) is 1. The SMILES string of the molecule is Cc1ncc(C(=O)NC(c2c(C)nn(C)c2C)C(F)(F)F)c(C)n1. The highest BCUT2D eigenvalue weighted by Crippen LogP contribution is 2.36. The molecule has 0 aromatic carbocycles. The van der Waals surface area contributed by atoms with Crippen molar-refractivity contribution in [2.45, 2.75) is 39.9 Å². The molecular weight excluding hydrogens is 323 g/mol. The second-order valence-corrected chi connectivity index (χ2v) is 5.57. The first-order chi connectivity index (χ1) is 11.0. The molecule has 1 unspecified atom stereocenters. The summed E-state index contributed by atoms with van der Waals surface area (Å²) in [7, 11) is 1.55. The summed E-state index contributed by atoms with van der Waals surface area (Å²) in [4.78, 5) is 20.2. The van der Waals surface area contributed by atoms with E-state index in [-0.39, 0.29) is 16.8 Å². The first kappa shape index (κ1) is 17.9. The molecule has 0 radical (unpaired) electrons. The number of amides is 1. The summed E-state index contributed by atoms with van der Waals surface area (Å²) in [6.07, 6.45) is -3.43. The molecule has 1 N–H and O–H groups in total. The number of halogens is 3. The number of aromatic nitrogens is 4. The van der Waals surface area contributed by atoms with Gasteiger partial charge >= 0.3 is 6.18 Å². The fourth-order valence-corrected chi connectivity index (χ4v) is 2.54. The second-order valence-electron chi connectivity index (χ2n) is 5.57. The molecule has 0 spiro atoms. The number of rotatable bonds is 3. The maximum Gasteiger partial charge on any atom is 0.413 e. The topological polar surface area (TPSA) is 72.7 Å². The Hall–Kier alpha value is -2.45. The molecule has 0 saturated carbocycles. The molecule has 0 saturated heterocycles. The summed E-state index contributed by atoms with van der Waals surface area (Å²) in [6.45, 7) is 6.19. The molecule has 0 aliphatic rings. The van der Waals surface area contributed by atoms with Gasteiger partial charge in [0.1, 0.15) is 5.82 Å². The van der Waals surface area contributed by atoms with Gasteiger partial charge in [0.05, 0.1) is 17.0 Å². The number of nitrogens with one attached hydrogen (secondary N) is 1. The van der Waals surface area contributed by atoms with Crippen molar-refractivity contribution in [3.05, 3.63) is 40.2 Å². The van der Waals surface area contributed by atoms with E-state index >= 15 is 0 Å². The fraction of sp³-hybridized carbons (Fsp3) is 0.467. The number of carbonyl (C=O) groups excluding carboxylic acids is 1. The molecular formula is C15H18F3N5O. The van der Waals surface area contributed by atoms with Crippen LogP contribution in [0.3, 0.4) is 0 Å². The second kappa shape index (κ2) is 6.21. The van der Waals surface area contributed by atoms with Gasteiger partial charge in [0.15, 0.2) is 6.04 Å². The van der Waals surface area contributed by atoms with E-state index in [1.165, 1.54) is 24.7 Å². The first-order valence-corrected chi connectivity index (χ1v) is 7.20. The van der Waals surface area contributed by atoms with Crippen LogP contribution in [0.5, 0.6) is 0 Å². The Morgan fingerprint density at radius 1 is 1.21 bits per heavy atom. The minimum absolute atomic E-state index is 0.00838. The van der Waals surface area contributed by atoms with E-state index in [4.69, 9.17) is 0 Å². The molecule has 24 heavy (non-hydrogen) atoms. The summed E-state index contributed by atoms with van der Waals surface area (Å²) in [6, 6.07) is -2.15. The van der Waals surface area contributed by atoms with Crippen LogP contribution in [-0.4, -0.2) is 31.8 Å². The highest BCUT2D eigenvalue weighted by atomic mass is 19.4. The normalized spacial score (nSPS) is 13.0. The molecule has 2 heterocycles. The van der Waals surface area contributed by atoms with Crippen LogP contribution in [0.25, 0.3) is 0 Å². The Labute approximate surface area is 137 Å². The van der Waals surface area contributed by atoms with E-state index in [1.54, 1.807) is 20.9 Å². The smallest absolute Gasteiger partial charge is 0.336 e. The molecule has 0 aliphatic heterocycles. The van der Waals surface area contributed by atoms with Gasteiger partial charge in [-0.2, -0.15) is 18.3 Å². The van der Waals surface area contributed by atoms with Crippen molar-refractivity contribution < 1.29 is 18.0 Å². The van der Waals surface area contributed by atoms with E-state index in [0.717, 1.165) is 0 Å². The number of alkyl halides is 3. The van der Waals surface area contributed by atoms with Crippen LogP contribution in [0.1, 0.15) is 44.9 Å². The zero-order chi connectivity index (χ0) is 18.2. The van der Waals surface area contributed by atoms with Gasteiger partial charge in [-0.25, -0.2) is 9.97 Å². The van der Waals surface area contributed by atoms with Gasteiger partial charge in [-0.1, -0.05) is 0 Å². The molecule has 0 bridgehead atoms. The molecule has 0 aliphatic carbocycles. The third kappa shape index (κ3) is 3.39. The molecule has 2 aromatic heterocycles. The largest absolute Gasteiger partial charge is 0.413 e. The van der Waals surface area contributed by atoms with E-state index in [1.807, 2.05) is 5.32 Å². The maximum atomic E-state index is 13.5. The van der Waals surface area contributed by atoms with Crippen LogP contribution >= 0.6 is 0 Å². The Morgan fingerprint density at radius 3 is 2.29 bits per heavy atom. The van der Waals surface area contributed by atoms with Gasteiger partial charge in [0.25, 0.3) is 5.91 Å². The molecule has 2 rings (SSSR count). The number of nitrogens with zero attached hydrogens (tertiary/aromatic N) is 4. The lowest BCUT2D eigenvalue weighted by Gasteiger charge is -2.22. The van der Waals surface area contributed by atoms with Crippen molar-refractivity contribution in [1.29, 1.82) is 0 Å². The van der Waals surface area contributed by atoms with E-state index < -0.39 is 18.1 Å². The molecule has 130 valence electrons. The maximum absolute atomic E-state index is 13.5. The minimum Gasteiger partial charge on any atom is -0.336 e. The summed E-state index contributed by atoms with van der Waals surface area (Å²) in [5.41, 5.74) is 0.833. The van der Waals surface area contributed by atoms with Crippen LogP contribution in [0.4, 0.5) is 13.2 Å². The standard InChI is InChI=1S/C15H18F3N5O/c1-7-11(6-19-10(4)20-7)14(24)21-13(15(16,17)18)12-8(2)22-23(5)9(12)3/h6,13H,1-5H3,(H,21,24). The van der Waals surface area contributed by atoms with Crippen LogP contribution in [0.15, 0.2) is 6.20 Å². The van der Waals surface area contributed by atoms with Gasteiger partial charge in [-0.05, 0) is 27.7 Å². The van der Waals surface area contributed by atoms with Gasteiger partial charge in [-0.3, -0.25) is 9.48 Å². The monoisotopic (exact) mass is 341 g/mol. The average Bonchev–Trinajstić information content (AvgIpc) is 2.68. The Balaban J connectivity index is 2.42. The van der Waals surface area contributed by atoms with Crippen LogP contribution in [0, 0.1) is 27.7 Å². The van der Waals surface area contributed by atoms with Gasteiger partial charge < -0.3 is 5.32 Å².